The molecule has 1 aliphatic rings. The van der Waals surface area contributed by atoms with Crippen LogP contribution in [0.5, 0.6) is 0 Å². The van der Waals surface area contributed by atoms with E-state index in [2.05, 4.69) is 15.3 Å². The first-order valence-electron chi connectivity index (χ1n) is 8.55. The van der Waals surface area contributed by atoms with Crippen LogP contribution in [0.15, 0.2) is 30.3 Å². The highest BCUT2D eigenvalue weighted by atomic mass is 19.4. The summed E-state index contributed by atoms with van der Waals surface area (Å²) >= 11 is 0. The number of piperazine rings is 1. The largest absolute Gasteiger partial charge is 0.418 e. The van der Waals surface area contributed by atoms with E-state index in [0.29, 0.717) is 26.2 Å². The van der Waals surface area contributed by atoms with Gasteiger partial charge in [0.15, 0.2) is 0 Å². The van der Waals surface area contributed by atoms with Crippen molar-refractivity contribution in [2.45, 2.75) is 13.1 Å². The summed E-state index contributed by atoms with van der Waals surface area (Å²) < 4.78 is 39.5. The van der Waals surface area contributed by atoms with E-state index in [9.17, 15) is 22.8 Å². The Morgan fingerprint density at radius 2 is 1.82 bits per heavy atom. The molecule has 2 heterocycles. The Bertz CT molecular complexity index is 880. The predicted octanol–water partition coefficient (Wildman–Crippen LogP) is 2.46. The SMILES string of the molecule is Cc1nc(Nc2ccccc2C(F)(F)F)cc(C(=O)N2CCN(C=O)CC2)n1. The number of carbonyl (C=O) groups is 2. The van der Waals surface area contributed by atoms with Crippen molar-refractivity contribution < 1.29 is 22.8 Å². The molecular formula is C18H18F3N5O2. The van der Waals surface area contributed by atoms with E-state index in [4.69, 9.17) is 0 Å². The van der Waals surface area contributed by atoms with Crippen molar-refractivity contribution in [3.63, 3.8) is 0 Å². The van der Waals surface area contributed by atoms with Crippen LogP contribution >= 0.6 is 0 Å². The number of carbonyl (C=O) groups excluding carboxylic acids is 2. The van der Waals surface area contributed by atoms with Gasteiger partial charge in [-0.15, -0.1) is 0 Å². The Morgan fingerprint density at radius 1 is 1.14 bits per heavy atom. The van der Waals surface area contributed by atoms with Crippen molar-refractivity contribution in [2.75, 3.05) is 31.5 Å². The normalized spacial score (nSPS) is 14.7. The molecule has 10 heteroatoms. The number of anilines is 2. The standard InChI is InChI=1S/C18H18F3N5O2/c1-12-22-15(17(28)26-8-6-25(11-27)7-9-26)10-16(23-12)24-14-5-3-2-4-13(14)18(19,20)21/h2-5,10-11H,6-9H2,1H3,(H,22,23,24). The molecule has 3 rings (SSSR count). The molecule has 1 aromatic carbocycles. The first kappa shape index (κ1) is 19.6. The Hall–Kier alpha value is -3.17. The second-order valence-corrected chi connectivity index (χ2v) is 6.29. The molecule has 28 heavy (non-hydrogen) atoms. The fourth-order valence-electron chi connectivity index (χ4n) is 2.91. The predicted molar refractivity (Wildman–Crippen MR) is 95.0 cm³/mol. The summed E-state index contributed by atoms with van der Waals surface area (Å²) in [6, 6.07) is 6.36. The second-order valence-electron chi connectivity index (χ2n) is 6.29. The lowest BCUT2D eigenvalue weighted by Crippen LogP contribution is -2.48. The molecule has 1 saturated heterocycles. The number of nitrogens with zero attached hydrogens (tertiary/aromatic N) is 4. The average Bonchev–Trinajstić information content (AvgIpc) is 2.66. The van der Waals surface area contributed by atoms with Crippen molar-refractivity contribution in [3.05, 3.63) is 47.4 Å². The third kappa shape index (κ3) is 4.38. The monoisotopic (exact) mass is 393 g/mol. The zero-order valence-corrected chi connectivity index (χ0v) is 15.0. The van der Waals surface area contributed by atoms with Gasteiger partial charge in [0.25, 0.3) is 5.91 Å². The molecule has 0 saturated carbocycles. The molecule has 0 spiro atoms. The minimum absolute atomic E-state index is 0.0824. The van der Waals surface area contributed by atoms with E-state index in [-0.39, 0.29) is 28.9 Å². The fourth-order valence-corrected chi connectivity index (χ4v) is 2.91. The number of benzene rings is 1. The summed E-state index contributed by atoms with van der Waals surface area (Å²) in [6.07, 6.45) is -3.79. The summed E-state index contributed by atoms with van der Waals surface area (Å²) in [5, 5.41) is 2.64. The zero-order valence-electron chi connectivity index (χ0n) is 15.0. The maximum atomic E-state index is 13.2. The van der Waals surface area contributed by atoms with Crippen molar-refractivity contribution in [3.8, 4) is 0 Å². The lowest BCUT2D eigenvalue weighted by Gasteiger charge is -2.32. The molecule has 0 unspecified atom stereocenters. The molecule has 1 N–H and O–H groups in total. The van der Waals surface area contributed by atoms with Crippen LogP contribution in [0.25, 0.3) is 0 Å². The molecule has 0 atom stereocenters. The Kier molecular flexibility index (Phi) is 5.48. The molecule has 2 amide bonds. The molecule has 7 nitrogen and oxygen atoms in total. The minimum atomic E-state index is -4.53. The highest BCUT2D eigenvalue weighted by Gasteiger charge is 2.33. The van der Waals surface area contributed by atoms with Crippen molar-refractivity contribution in [2.24, 2.45) is 0 Å². The topological polar surface area (TPSA) is 78.4 Å². The van der Waals surface area contributed by atoms with Crippen LogP contribution < -0.4 is 5.32 Å². The van der Waals surface area contributed by atoms with Crippen molar-refractivity contribution >= 4 is 23.8 Å². The van der Waals surface area contributed by atoms with E-state index in [1.807, 2.05) is 0 Å². The number of amides is 2. The molecule has 2 aromatic rings. The first-order chi connectivity index (χ1) is 13.3. The van der Waals surface area contributed by atoms with Gasteiger partial charge in [0.1, 0.15) is 17.3 Å². The molecule has 148 valence electrons. The number of alkyl halides is 3. The third-order valence-electron chi connectivity index (χ3n) is 4.30. The number of nitrogens with one attached hydrogen (secondary N) is 1. The lowest BCUT2D eigenvalue weighted by molar-refractivity contribution is -0.136. The molecule has 0 aliphatic carbocycles. The molecule has 1 aliphatic heterocycles. The van der Waals surface area contributed by atoms with Gasteiger partial charge in [-0.2, -0.15) is 13.2 Å². The molecule has 0 bridgehead atoms. The number of hydrogen-bond donors (Lipinski definition) is 1. The van der Waals surface area contributed by atoms with Gasteiger partial charge in [-0.25, -0.2) is 9.97 Å². The third-order valence-corrected chi connectivity index (χ3v) is 4.30. The number of para-hydroxylation sites is 1. The number of aromatic nitrogens is 2. The lowest BCUT2D eigenvalue weighted by atomic mass is 10.1. The van der Waals surface area contributed by atoms with Crippen molar-refractivity contribution in [1.29, 1.82) is 0 Å². The zero-order chi connectivity index (χ0) is 20.3. The van der Waals surface area contributed by atoms with Gasteiger partial charge in [-0.1, -0.05) is 12.1 Å². The van der Waals surface area contributed by atoms with Crippen LogP contribution in [0, 0.1) is 6.92 Å². The maximum absolute atomic E-state index is 13.2. The summed E-state index contributed by atoms with van der Waals surface area (Å²) in [5.41, 5.74) is -0.908. The Labute approximate surface area is 159 Å². The average molecular weight is 393 g/mol. The van der Waals surface area contributed by atoms with E-state index < -0.39 is 11.7 Å². The van der Waals surface area contributed by atoms with Gasteiger partial charge in [0.2, 0.25) is 6.41 Å². The molecule has 0 radical (unpaired) electrons. The quantitative estimate of drug-likeness (QED) is 0.808. The summed E-state index contributed by atoms with van der Waals surface area (Å²) in [5.74, 6) is -0.00773. The molecular weight excluding hydrogens is 375 g/mol. The fraction of sp³-hybridized carbons (Fsp3) is 0.333. The van der Waals surface area contributed by atoms with Crippen LogP contribution in [-0.4, -0.2) is 58.3 Å². The van der Waals surface area contributed by atoms with Crippen LogP contribution in [-0.2, 0) is 11.0 Å². The first-order valence-corrected chi connectivity index (χ1v) is 8.55. The number of rotatable bonds is 4. The Morgan fingerprint density at radius 3 is 2.46 bits per heavy atom. The number of halogens is 3. The van der Waals surface area contributed by atoms with E-state index >= 15 is 0 Å². The maximum Gasteiger partial charge on any atom is 0.418 e. The smallest absolute Gasteiger partial charge is 0.342 e. The summed E-state index contributed by atoms with van der Waals surface area (Å²) in [6.45, 7) is 3.12. The van der Waals surface area contributed by atoms with Crippen LogP contribution in [0.4, 0.5) is 24.7 Å². The van der Waals surface area contributed by atoms with E-state index in [1.165, 1.54) is 24.3 Å². The van der Waals surface area contributed by atoms with Gasteiger partial charge >= 0.3 is 6.18 Å². The van der Waals surface area contributed by atoms with E-state index in [1.54, 1.807) is 16.7 Å². The molecule has 1 aromatic heterocycles. The minimum Gasteiger partial charge on any atom is -0.342 e. The van der Waals surface area contributed by atoms with Gasteiger partial charge in [0.05, 0.1) is 11.3 Å². The highest BCUT2D eigenvalue weighted by Crippen LogP contribution is 2.35. The van der Waals surface area contributed by atoms with Gasteiger partial charge in [-0.3, -0.25) is 9.59 Å². The highest BCUT2D eigenvalue weighted by molar-refractivity contribution is 5.93. The molecule has 1 fully saturated rings. The van der Waals surface area contributed by atoms with Gasteiger partial charge < -0.3 is 15.1 Å². The number of hydrogen-bond acceptors (Lipinski definition) is 5. The second kappa shape index (κ2) is 7.83. The van der Waals surface area contributed by atoms with Crippen molar-refractivity contribution in [1.82, 2.24) is 19.8 Å². The Balaban J connectivity index is 1.83. The summed E-state index contributed by atoms with van der Waals surface area (Å²) in [7, 11) is 0. The van der Waals surface area contributed by atoms with E-state index in [0.717, 1.165) is 12.5 Å². The van der Waals surface area contributed by atoms with Crippen LogP contribution in [0.3, 0.4) is 0 Å². The number of aryl methyl sites for hydroxylation is 1. The van der Waals surface area contributed by atoms with Gasteiger partial charge in [-0.05, 0) is 19.1 Å². The van der Waals surface area contributed by atoms with Gasteiger partial charge in [0, 0.05) is 32.2 Å². The van der Waals surface area contributed by atoms with Crippen LogP contribution in [0.1, 0.15) is 21.9 Å². The summed E-state index contributed by atoms with van der Waals surface area (Å²) in [4.78, 5) is 34.8. The van der Waals surface area contributed by atoms with Crippen LogP contribution in [0.2, 0.25) is 0 Å².